The molecule has 0 aliphatic heterocycles. The van der Waals surface area contributed by atoms with Crippen LogP contribution in [0.3, 0.4) is 0 Å². The van der Waals surface area contributed by atoms with Crippen molar-refractivity contribution >= 4 is 5.78 Å². The number of benzene rings is 1. The van der Waals surface area contributed by atoms with E-state index in [9.17, 15) is 20.1 Å². The van der Waals surface area contributed by atoms with Crippen LogP contribution < -0.4 is 4.74 Å². The molecular weight excluding hydrogens is 348 g/mol. The number of Topliss-reactive ketones (excluding diaryl/α,β-unsaturated/α-hetero) is 1. The molecule has 0 amide bonds. The Morgan fingerprint density at radius 1 is 1.30 bits per heavy atom. The van der Waals surface area contributed by atoms with E-state index in [4.69, 9.17) is 9.47 Å². The topological polar surface area (TPSA) is 96.2 Å². The van der Waals surface area contributed by atoms with Gasteiger partial charge in [0.2, 0.25) is 0 Å². The predicted molar refractivity (Wildman–Crippen MR) is 102 cm³/mol. The van der Waals surface area contributed by atoms with E-state index in [2.05, 4.69) is 0 Å². The van der Waals surface area contributed by atoms with Crippen LogP contribution in [0.15, 0.2) is 18.2 Å². The largest absolute Gasteiger partial charge is 0.504 e. The summed E-state index contributed by atoms with van der Waals surface area (Å²) in [5, 5.41) is 29.6. The van der Waals surface area contributed by atoms with Gasteiger partial charge in [0.25, 0.3) is 0 Å². The zero-order valence-electron chi connectivity index (χ0n) is 16.3. The van der Waals surface area contributed by atoms with Gasteiger partial charge in [0.1, 0.15) is 5.78 Å². The van der Waals surface area contributed by atoms with Crippen LogP contribution in [-0.4, -0.2) is 53.6 Å². The highest BCUT2D eigenvalue weighted by molar-refractivity contribution is 5.78. The minimum atomic E-state index is -0.669. The van der Waals surface area contributed by atoms with Crippen molar-refractivity contribution in [2.45, 2.75) is 69.7 Å². The number of rotatable bonds is 10. The molecule has 4 atom stereocenters. The van der Waals surface area contributed by atoms with Crippen molar-refractivity contribution in [1.29, 1.82) is 0 Å². The van der Waals surface area contributed by atoms with Crippen LogP contribution in [0.2, 0.25) is 0 Å². The highest BCUT2D eigenvalue weighted by Gasteiger charge is 2.29. The monoisotopic (exact) mass is 380 g/mol. The number of phenols is 1. The Kier molecular flexibility index (Phi) is 8.54. The summed E-state index contributed by atoms with van der Waals surface area (Å²) in [6.07, 6.45) is 3.73. The van der Waals surface area contributed by atoms with E-state index >= 15 is 0 Å². The van der Waals surface area contributed by atoms with Gasteiger partial charge in [-0.1, -0.05) is 6.07 Å². The van der Waals surface area contributed by atoms with Crippen molar-refractivity contribution in [3.63, 3.8) is 0 Å². The number of carbonyl (C=O) groups is 1. The van der Waals surface area contributed by atoms with E-state index in [1.54, 1.807) is 25.3 Å². The molecule has 1 aliphatic carbocycles. The highest BCUT2D eigenvalue weighted by atomic mass is 16.5. The Balaban J connectivity index is 1.69. The van der Waals surface area contributed by atoms with Crippen molar-refractivity contribution in [1.82, 2.24) is 0 Å². The summed E-state index contributed by atoms with van der Waals surface area (Å²) in [4.78, 5) is 12.2. The molecule has 1 aromatic carbocycles. The van der Waals surface area contributed by atoms with Gasteiger partial charge < -0.3 is 24.8 Å². The van der Waals surface area contributed by atoms with Crippen LogP contribution in [0.5, 0.6) is 11.5 Å². The average molecular weight is 380 g/mol. The fourth-order valence-electron chi connectivity index (χ4n) is 3.75. The SMILES string of the molecule is COc1cc(CC[C@@H](O)CC(=O)CC[C@H]2CC[C@H](O)[C@H](OC)C2)ccc1O. The molecule has 0 spiro atoms. The first-order valence-electron chi connectivity index (χ1n) is 9.69. The second-order valence-corrected chi connectivity index (χ2v) is 7.50. The summed E-state index contributed by atoms with van der Waals surface area (Å²) in [5.74, 6) is 0.961. The van der Waals surface area contributed by atoms with Crippen LogP contribution in [-0.2, 0) is 16.0 Å². The van der Waals surface area contributed by atoms with Gasteiger partial charge in [-0.15, -0.1) is 0 Å². The lowest BCUT2D eigenvalue weighted by Gasteiger charge is -2.32. The van der Waals surface area contributed by atoms with Gasteiger partial charge in [0.05, 0.1) is 25.4 Å². The molecule has 27 heavy (non-hydrogen) atoms. The number of ether oxygens (including phenoxy) is 2. The van der Waals surface area contributed by atoms with Crippen molar-refractivity contribution in [3.05, 3.63) is 23.8 Å². The minimum Gasteiger partial charge on any atom is -0.504 e. The van der Waals surface area contributed by atoms with E-state index < -0.39 is 12.2 Å². The highest BCUT2D eigenvalue weighted by Crippen LogP contribution is 2.30. The standard InChI is InChI=1S/C21H32O6/c1-26-20-11-14(5-9-18(20)24)3-7-16(22)13-17(23)8-4-15-6-10-19(25)21(12-15)27-2/h5,9,11,15-16,19,21-22,24-25H,3-4,6-8,10,12-13H2,1-2H3/t15-,16+,19-,21+/m0/s1. The lowest BCUT2D eigenvalue weighted by atomic mass is 9.82. The van der Waals surface area contributed by atoms with E-state index in [0.717, 1.165) is 31.2 Å². The van der Waals surface area contributed by atoms with Gasteiger partial charge >= 0.3 is 0 Å². The Morgan fingerprint density at radius 2 is 2.07 bits per heavy atom. The number of aromatic hydroxyl groups is 1. The first-order chi connectivity index (χ1) is 12.9. The molecule has 0 aromatic heterocycles. The van der Waals surface area contributed by atoms with Crippen LogP contribution in [0.4, 0.5) is 0 Å². The number of aryl methyl sites for hydroxylation is 1. The fraction of sp³-hybridized carbons (Fsp3) is 0.667. The number of aliphatic hydroxyl groups is 2. The summed E-state index contributed by atoms with van der Waals surface area (Å²) >= 11 is 0. The van der Waals surface area contributed by atoms with E-state index in [-0.39, 0.29) is 24.1 Å². The summed E-state index contributed by atoms with van der Waals surface area (Å²) in [6, 6.07) is 5.10. The minimum absolute atomic E-state index is 0.0749. The van der Waals surface area contributed by atoms with E-state index in [1.807, 2.05) is 0 Å². The number of aliphatic hydroxyl groups excluding tert-OH is 2. The average Bonchev–Trinajstić information content (AvgIpc) is 2.66. The number of carbonyl (C=O) groups excluding carboxylic acids is 1. The lowest BCUT2D eigenvalue weighted by molar-refractivity contribution is -0.121. The summed E-state index contributed by atoms with van der Waals surface area (Å²) in [7, 11) is 3.11. The van der Waals surface area contributed by atoms with Crippen LogP contribution >= 0.6 is 0 Å². The van der Waals surface area contributed by atoms with Crippen molar-refractivity contribution in [2.75, 3.05) is 14.2 Å². The molecular formula is C21H32O6. The maximum absolute atomic E-state index is 12.2. The molecule has 0 heterocycles. The normalized spacial score (nSPS) is 23.8. The molecule has 0 bridgehead atoms. The second kappa shape index (κ2) is 10.6. The van der Waals surface area contributed by atoms with Crippen molar-refractivity contribution < 1.29 is 29.6 Å². The molecule has 0 radical (unpaired) electrons. The maximum Gasteiger partial charge on any atom is 0.160 e. The Morgan fingerprint density at radius 3 is 2.78 bits per heavy atom. The van der Waals surface area contributed by atoms with Gasteiger partial charge in [0.15, 0.2) is 11.5 Å². The summed E-state index contributed by atoms with van der Waals surface area (Å²) in [6.45, 7) is 0. The van der Waals surface area contributed by atoms with Crippen LogP contribution in [0.1, 0.15) is 50.5 Å². The first-order valence-corrected chi connectivity index (χ1v) is 9.69. The third-order valence-electron chi connectivity index (χ3n) is 5.47. The van der Waals surface area contributed by atoms with Gasteiger partial charge in [-0.2, -0.15) is 0 Å². The summed E-state index contributed by atoms with van der Waals surface area (Å²) in [5.41, 5.74) is 0.947. The number of hydrogen-bond donors (Lipinski definition) is 3. The van der Waals surface area contributed by atoms with Crippen LogP contribution in [0, 0.1) is 5.92 Å². The molecule has 0 unspecified atom stereocenters. The molecule has 0 saturated heterocycles. The van der Waals surface area contributed by atoms with Crippen LogP contribution in [0.25, 0.3) is 0 Å². The molecule has 6 nitrogen and oxygen atoms in total. The van der Waals surface area contributed by atoms with E-state index in [0.29, 0.717) is 30.9 Å². The molecule has 6 heteroatoms. The first kappa shape index (κ1) is 21.7. The van der Waals surface area contributed by atoms with E-state index in [1.165, 1.54) is 7.11 Å². The zero-order chi connectivity index (χ0) is 19.8. The number of phenolic OH excluding ortho intramolecular Hbond substituents is 1. The number of ketones is 1. The third kappa shape index (κ3) is 6.79. The van der Waals surface area contributed by atoms with Crippen molar-refractivity contribution in [2.24, 2.45) is 5.92 Å². The van der Waals surface area contributed by atoms with Crippen molar-refractivity contribution in [3.8, 4) is 11.5 Å². The second-order valence-electron chi connectivity index (χ2n) is 7.50. The molecule has 1 saturated carbocycles. The fourth-order valence-corrected chi connectivity index (χ4v) is 3.75. The quantitative estimate of drug-likeness (QED) is 0.577. The smallest absolute Gasteiger partial charge is 0.160 e. The number of hydrogen-bond acceptors (Lipinski definition) is 6. The van der Waals surface area contributed by atoms with Gasteiger partial charge in [0, 0.05) is 20.0 Å². The van der Waals surface area contributed by atoms with Gasteiger partial charge in [-0.05, 0) is 62.1 Å². The Labute approximate surface area is 161 Å². The zero-order valence-corrected chi connectivity index (χ0v) is 16.3. The summed E-state index contributed by atoms with van der Waals surface area (Å²) < 4.78 is 10.4. The maximum atomic E-state index is 12.2. The van der Waals surface area contributed by atoms with Gasteiger partial charge in [-0.3, -0.25) is 4.79 Å². The molecule has 2 rings (SSSR count). The molecule has 1 aromatic rings. The van der Waals surface area contributed by atoms with Gasteiger partial charge in [-0.25, -0.2) is 0 Å². The third-order valence-corrected chi connectivity index (χ3v) is 5.47. The number of methoxy groups -OCH3 is 2. The Hall–Kier alpha value is -1.63. The predicted octanol–water partition coefficient (Wildman–Crippen LogP) is 2.61. The lowest BCUT2D eigenvalue weighted by Crippen LogP contribution is -2.35. The molecule has 1 fully saturated rings. The molecule has 152 valence electrons. The molecule has 1 aliphatic rings. The molecule has 3 N–H and O–H groups in total. The Bertz CT molecular complexity index is 602.